The molecule has 0 radical (unpaired) electrons. The molecule has 1 amide bonds. The third-order valence-electron chi connectivity index (χ3n) is 4.90. The number of sulfone groups is 1. The standard InChI is InChI=1S/C19H20Cl2N6O3S/c1-10-17(31(29,30)12-4-11-8-25-26-18(11)13(20)5-12)6-16(27(10)3)19(28)24-9-15(23-2)14(21)7-22/h4-8H,9,22H2,1-3H3,(H,24,28)(H,25,26)/b14-7+,23-15?. The van der Waals surface area contributed by atoms with Gasteiger partial charge in [0.15, 0.2) is 0 Å². The number of rotatable bonds is 6. The van der Waals surface area contributed by atoms with E-state index in [2.05, 4.69) is 20.5 Å². The van der Waals surface area contributed by atoms with Crippen molar-refractivity contribution < 1.29 is 13.2 Å². The van der Waals surface area contributed by atoms with E-state index in [1.54, 1.807) is 14.0 Å². The summed E-state index contributed by atoms with van der Waals surface area (Å²) in [6.07, 6.45) is 2.67. The number of fused-ring (bicyclic) bond motifs is 1. The molecule has 2 heterocycles. The number of nitrogens with zero attached hydrogens (tertiary/aromatic N) is 3. The zero-order valence-electron chi connectivity index (χ0n) is 16.9. The summed E-state index contributed by atoms with van der Waals surface area (Å²) >= 11 is 12.2. The molecule has 0 spiro atoms. The molecule has 0 fully saturated rings. The van der Waals surface area contributed by atoms with Gasteiger partial charge in [-0.25, -0.2) is 8.42 Å². The van der Waals surface area contributed by atoms with Crippen molar-refractivity contribution in [1.29, 1.82) is 0 Å². The Balaban J connectivity index is 1.96. The number of H-pyrrole nitrogens is 1. The summed E-state index contributed by atoms with van der Waals surface area (Å²) in [6, 6.07) is 4.17. The monoisotopic (exact) mass is 482 g/mol. The van der Waals surface area contributed by atoms with E-state index < -0.39 is 15.7 Å². The van der Waals surface area contributed by atoms with Crippen LogP contribution in [0.25, 0.3) is 10.9 Å². The number of aromatic amines is 1. The maximum absolute atomic E-state index is 13.3. The molecular weight excluding hydrogens is 463 g/mol. The summed E-state index contributed by atoms with van der Waals surface area (Å²) in [5, 5.41) is 10.3. The molecule has 0 aliphatic heterocycles. The third kappa shape index (κ3) is 4.18. The van der Waals surface area contributed by atoms with Crippen LogP contribution in [0.3, 0.4) is 0 Å². The van der Waals surface area contributed by atoms with Crippen LogP contribution >= 0.6 is 23.2 Å². The van der Waals surface area contributed by atoms with Crippen LogP contribution in [0.15, 0.2) is 50.4 Å². The normalized spacial score (nSPS) is 13.1. The van der Waals surface area contributed by atoms with Crippen LogP contribution in [0.2, 0.25) is 5.02 Å². The molecule has 1 aromatic carbocycles. The first-order valence-electron chi connectivity index (χ1n) is 8.97. The van der Waals surface area contributed by atoms with Gasteiger partial charge in [-0.3, -0.25) is 14.9 Å². The number of halogens is 2. The Morgan fingerprint density at radius 1 is 1.39 bits per heavy atom. The minimum atomic E-state index is -3.95. The Labute approximate surface area is 188 Å². The Kier molecular flexibility index (Phi) is 6.44. The average molecular weight is 483 g/mol. The van der Waals surface area contributed by atoms with Crippen molar-refractivity contribution in [2.75, 3.05) is 13.6 Å². The Morgan fingerprint density at radius 3 is 2.74 bits per heavy atom. The fraction of sp³-hybridized carbons (Fsp3) is 0.211. The molecule has 0 saturated heterocycles. The maximum atomic E-state index is 13.3. The van der Waals surface area contributed by atoms with Crippen LogP contribution in [-0.4, -0.2) is 48.4 Å². The van der Waals surface area contributed by atoms with Gasteiger partial charge in [0.05, 0.1) is 43.8 Å². The maximum Gasteiger partial charge on any atom is 0.268 e. The molecule has 0 aliphatic rings. The largest absolute Gasteiger partial charge is 0.403 e. The highest BCUT2D eigenvalue weighted by molar-refractivity contribution is 7.91. The van der Waals surface area contributed by atoms with Gasteiger partial charge in [0.2, 0.25) is 9.84 Å². The first kappa shape index (κ1) is 22.9. The lowest BCUT2D eigenvalue weighted by atomic mass is 10.2. The number of nitrogens with one attached hydrogen (secondary N) is 2. The lowest BCUT2D eigenvalue weighted by molar-refractivity contribution is 0.0951. The second kappa shape index (κ2) is 8.74. The number of amides is 1. The Hall–Kier alpha value is -2.82. The second-order valence-corrected chi connectivity index (χ2v) is 9.38. The van der Waals surface area contributed by atoms with Gasteiger partial charge in [-0.15, -0.1) is 0 Å². The lowest BCUT2D eigenvalue weighted by Gasteiger charge is -2.08. The fourth-order valence-corrected chi connectivity index (χ4v) is 5.14. The van der Waals surface area contributed by atoms with E-state index >= 15 is 0 Å². The number of nitrogens with two attached hydrogens (primary N) is 1. The smallest absolute Gasteiger partial charge is 0.268 e. The van der Waals surface area contributed by atoms with Crippen LogP contribution in [0.4, 0.5) is 0 Å². The highest BCUT2D eigenvalue weighted by atomic mass is 35.5. The molecule has 164 valence electrons. The summed E-state index contributed by atoms with van der Waals surface area (Å²) in [4.78, 5) is 16.7. The summed E-state index contributed by atoms with van der Waals surface area (Å²) < 4.78 is 28.1. The summed E-state index contributed by atoms with van der Waals surface area (Å²) in [5.74, 6) is -0.488. The number of hydrogen-bond donors (Lipinski definition) is 3. The molecule has 9 nitrogen and oxygen atoms in total. The summed E-state index contributed by atoms with van der Waals surface area (Å²) in [6.45, 7) is 1.65. The zero-order chi connectivity index (χ0) is 22.9. The van der Waals surface area contributed by atoms with Crippen LogP contribution < -0.4 is 11.1 Å². The predicted molar refractivity (Wildman–Crippen MR) is 121 cm³/mol. The molecule has 3 aromatic rings. The molecule has 2 aromatic heterocycles. The second-order valence-electron chi connectivity index (χ2n) is 6.65. The number of carbonyl (C=O) groups excluding carboxylic acids is 1. The Bertz CT molecular complexity index is 1340. The zero-order valence-corrected chi connectivity index (χ0v) is 19.2. The highest BCUT2D eigenvalue weighted by Crippen LogP contribution is 2.31. The van der Waals surface area contributed by atoms with Crippen molar-refractivity contribution in [2.45, 2.75) is 16.7 Å². The van der Waals surface area contributed by atoms with Crippen LogP contribution in [0.1, 0.15) is 16.2 Å². The number of benzene rings is 1. The first-order chi connectivity index (χ1) is 14.6. The van der Waals surface area contributed by atoms with Gasteiger partial charge in [0, 0.05) is 31.4 Å². The molecule has 0 saturated carbocycles. The van der Waals surface area contributed by atoms with Gasteiger partial charge in [-0.1, -0.05) is 23.2 Å². The molecule has 0 atom stereocenters. The molecular formula is C19H20Cl2N6O3S. The Morgan fingerprint density at radius 2 is 2.10 bits per heavy atom. The van der Waals surface area contributed by atoms with E-state index in [-0.39, 0.29) is 32.1 Å². The van der Waals surface area contributed by atoms with Gasteiger partial charge in [-0.05, 0) is 25.1 Å². The van der Waals surface area contributed by atoms with Gasteiger partial charge < -0.3 is 15.6 Å². The van der Waals surface area contributed by atoms with Gasteiger partial charge in [0.1, 0.15) is 5.69 Å². The predicted octanol–water partition coefficient (Wildman–Crippen LogP) is 2.54. The van der Waals surface area contributed by atoms with Crippen molar-refractivity contribution in [2.24, 2.45) is 17.8 Å². The number of aliphatic imine (C=N–C) groups is 1. The summed E-state index contributed by atoms with van der Waals surface area (Å²) in [7, 11) is -0.819. The van der Waals surface area contributed by atoms with E-state index in [1.165, 1.54) is 42.2 Å². The van der Waals surface area contributed by atoms with Crippen molar-refractivity contribution >= 4 is 55.6 Å². The number of aromatic nitrogens is 3. The fourth-order valence-electron chi connectivity index (χ4n) is 3.05. The molecule has 31 heavy (non-hydrogen) atoms. The third-order valence-corrected chi connectivity index (χ3v) is 7.39. The molecule has 0 unspecified atom stereocenters. The van der Waals surface area contributed by atoms with E-state index in [1.807, 2.05) is 0 Å². The summed E-state index contributed by atoms with van der Waals surface area (Å²) in [5.41, 5.74) is 6.88. The van der Waals surface area contributed by atoms with Crippen molar-refractivity contribution in [3.8, 4) is 0 Å². The van der Waals surface area contributed by atoms with Crippen LogP contribution in [0, 0.1) is 6.92 Å². The van der Waals surface area contributed by atoms with E-state index in [0.29, 0.717) is 22.3 Å². The molecule has 0 aliphatic carbocycles. The highest BCUT2D eigenvalue weighted by Gasteiger charge is 2.27. The van der Waals surface area contributed by atoms with E-state index in [0.717, 1.165) is 0 Å². The molecule has 12 heteroatoms. The number of carbonyl (C=O) groups is 1. The van der Waals surface area contributed by atoms with E-state index in [9.17, 15) is 13.2 Å². The topological polar surface area (TPSA) is 135 Å². The molecule has 4 N–H and O–H groups in total. The van der Waals surface area contributed by atoms with Crippen LogP contribution in [0.5, 0.6) is 0 Å². The van der Waals surface area contributed by atoms with Crippen LogP contribution in [-0.2, 0) is 16.9 Å². The quantitative estimate of drug-likeness (QED) is 0.463. The van der Waals surface area contributed by atoms with E-state index in [4.69, 9.17) is 28.9 Å². The lowest BCUT2D eigenvalue weighted by Crippen LogP contribution is -2.31. The minimum absolute atomic E-state index is 0.00308. The van der Waals surface area contributed by atoms with Crippen molar-refractivity contribution in [3.63, 3.8) is 0 Å². The van der Waals surface area contributed by atoms with Crippen molar-refractivity contribution in [3.05, 3.63) is 52.0 Å². The van der Waals surface area contributed by atoms with Gasteiger partial charge in [-0.2, -0.15) is 5.10 Å². The molecule has 0 bridgehead atoms. The number of hydrogen-bond acceptors (Lipinski definition) is 6. The average Bonchev–Trinajstić information content (AvgIpc) is 3.33. The van der Waals surface area contributed by atoms with Gasteiger partial charge in [0.25, 0.3) is 5.91 Å². The van der Waals surface area contributed by atoms with Gasteiger partial charge >= 0.3 is 0 Å². The SMILES string of the molecule is CN=C(CNC(=O)c1cc(S(=O)(=O)c2cc(Cl)c3[nH]ncc3c2)c(C)n1C)/C(Cl)=C\N. The first-order valence-corrected chi connectivity index (χ1v) is 11.2. The molecule has 3 rings (SSSR count). The minimum Gasteiger partial charge on any atom is -0.403 e. The van der Waals surface area contributed by atoms with Crippen molar-refractivity contribution in [1.82, 2.24) is 20.1 Å².